The maximum atomic E-state index is 13.4. The van der Waals surface area contributed by atoms with Crippen molar-refractivity contribution in [3.05, 3.63) is 64.6 Å². The van der Waals surface area contributed by atoms with Gasteiger partial charge in [-0.3, -0.25) is 4.79 Å². The Hall–Kier alpha value is -3.07. The lowest BCUT2D eigenvalue weighted by molar-refractivity contribution is -0.142. The quantitative estimate of drug-likeness (QED) is 0.550. The number of morpholine rings is 1. The van der Waals surface area contributed by atoms with E-state index in [2.05, 4.69) is 9.88 Å². The minimum atomic E-state index is -4.43. The molecule has 3 heterocycles. The number of aromatic nitrogens is 2. The molecule has 1 aliphatic heterocycles. The molecule has 32 heavy (non-hydrogen) atoms. The number of rotatable bonds is 5. The highest BCUT2D eigenvalue weighted by atomic mass is 19.4. The predicted molar refractivity (Wildman–Crippen MR) is 113 cm³/mol. The fourth-order valence-electron chi connectivity index (χ4n) is 3.97. The van der Waals surface area contributed by atoms with Crippen LogP contribution in [0.4, 0.5) is 18.9 Å². The van der Waals surface area contributed by atoms with Gasteiger partial charge in [-0.05, 0) is 36.2 Å². The number of ether oxygens (including phenoxy) is 2. The summed E-state index contributed by atoms with van der Waals surface area (Å²) < 4.78 is 52.7. The van der Waals surface area contributed by atoms with E-state index < -0.39 is 17.7 Å². The van der Waals surface area contributed by atoms with Crippen LogP contribution in [0.2, 0.25) is 0 Å². The highest BCUT2D eigenvalue weighted by Crippen LogP contribution is 2.34. The lowest BCUT2D eigenvalue weighted by Gasteiger charge is -2.28. The van der Waals surface area contributed by atoms with Gasteiger partial charge in [-0.15, -0.1) is 0 Å². The third kappa shape index (κ3) is 4.57. The Bertz CT molecular complexity index is 1130. The van der Waals surface area contributed by atoms with Crippen LogP contribution in [0.3, 0.4) is 0 Å². The molecule has 170 valence electrons. The summed E-state index contributed by atoms with van der Waals surface area (Å²) in [6.07, 6.45) is -2.27. The Labute approximate surface area is 183 Å². The lowest BCUT2D eigenvalue weighted by Crippen LogP contribution is -2.36. The van der Waals surface area contributed by atoms with Crippen LogP contribution in [-0.4, -0.2) is 41.7 Å². The molecule has 0 radical (unpaired) electrons. The molecule has 3 aromatic rings. The van der Waals surface area contributed by atoms with E-state index in [4.69, 9.17) is 9.47 Å². The molecule has 0 amide bonds. The van der Waals surface area contributed by atoms with Crippen molar-refractivity contribution in [1.29, 1.82) is 0 Å². The Balaban J connectivity index is 1.78. The van der Waals surface area contributed by atoms with E-state index in [0.29, 0.717) is 35.8 Å². The number of carbonyl (C=O) groups excluding carboxylic acids is 1. The van der Waals surface area contributed by atoms with Gasteiger partial charge in [0.1, 0.15) is 17.9 Å². The molecule has 0 N–H and O–H groups in total. The summed E-state index contributed by atoms with van der Waals surface area (Å²) in [6.45, 7) is 5.52. The molecular formula is C23H24F3N3O3. The second-order valence-corrected chi connectivity index (χ2v) is 7.76. The Morgan fingerprint density at radius 2 is 1.94 bits per heavy atom. The average molecular weight is 447 g/mol. The number of anilines is 1. The van der Waals surface area contributed by atoms with Gasteiger partial charge in [0.25, 0.3) is 0 Å². The van der Waals surface area contributed by atoms with E-state index in [0.717, 1.165) is 24.8 Å². The summed E-state index contributed by atoms with van der Waals surface area (Å²) in [5.41, 5.74) is 2.90. The van der Waals surface area contributed by atoms with Crippen molar-refractivity contribution in [3.63, 3.8) is 0 Å². The molecule has 1 fully saturated rings. The number of esters is 1. The largest absolute Gasteiger partial charge is 0.459 e. The SMILES string of the molecule is CC(=O)OCc1nc2ccc(N3CCOCC3)cn2c1Cc1cccc(C(F)(F)F)c1C. The summed E-state index contributed by atoms with van der Waals surface area (Å²) in [5, 5.41) is 0. The molecule has 0 spiro atoms. The summed E-state index contributed by atoms with van der Waals surface area (Å²) in [4.78, 5) is 18.1. The van der Waals surface area contributed by atoms with Crippen LogP contribution < -0.4 is 4.90 Å². The van der Waals surface area contributed by atoms with Crippen molar-refractivity contribution in [2.45, 2.75) is 33.1 Å². The summed E-state index contributed by atoms with van der Waals surface area (Å²) in [5.74, 6) is -0.447. The maximum Gasteiger partial charge on any atom is 0.416 e. The second kappa shape index (κ2) is 8.82. The molecule has 1 aromatic carbocycles. The second-order valence-electron chi connectivity index (χ2n) is 7.76. The molecule has 2 aromatic heterocycles. The van der Waals surface area contributed by atoms with E-state index in [1.807, 2.05) is 22.7 Å². The zero-order valence-electron chi connectivity index (χ0n) is 17.9. The standard InChI is InChI=1S/C23H24F3N3O3/c1-15-17(4-3-5-19(15)23(24,25)26)12-21-20(14-32-16(2)30)27-22-7-6-18(13-29(21)22)28-8-10-31-11-9-28/h3-7,13H,8-12,14H2,1-2H3. The molecule has 0 bridgehead atoms. The number of imidazole rings is 1. The lowest BCUT2D eigenvalue weighted by atomic mass is 9.98. The summed E-state index contributed by atoms with van der Waals surface area (Å²) in [6, 6.07) is 8.02. The minimum Gasteiger partial charge on any atom is -0.459 e. The van der Waals surface area contributed by atoms with Crippen molar-refractivity contribution in [2.24, 2.45) is 0 Å². The van der Waals surface area contributed by atoms with Gasteiger partial charge in [0.05, 0.1) is 30.2 Å². The average Bonchev–Trinajstić information content (AvgIpc) is 3.10. The van der Waals surface area contributed by atoms with Crippen molar-refractivity contribution >= 4 is 17.3 Å². The molecule has 0 atom stereocenters. The molecule has 9 heteroatoms. The van der Waals surface area contributed by atoms with Gasteiger partial charge in [0, 0.05) is 32.6 Å². The van der Waals surface area contributed by atoms with Crippen LogP contribution in [0.25, 0.3) is 5.65 Å². The normalized spacial score (nSPS) is 14.7. The van der Waals surface area contributed by atoms with Crippen LogP contribution in [0.5, 0.6) is 0 Å². The van der Waals surface area contributed by atoms with Crippen molar-refractivity contribution < 1.29 is 27.4 Å². The number of alkyl halides is 3. The van der Waals surface area contributed by atoms with Gasteiger partial charge < -0.3 is 18.8 Å². The topological polar surface area (TPSA) is 56.1 Å². The van der Waals surface area contributed by atoms with Gasteiger partial charge in [-0.1, -0.05) is 12.1 Å². The number of halogens is 3. The highest BCUT2D eigenvalue weighted by Gasteiger charge is 2.33. The van der Waals surface area contributed by atoms with Crippen LogP contribution in [0.1, 0.15) is 35.0 Å². The molecule has 0 saturated carbocycles. The number of nitrogens with zero attached hydrogens (tertiary/aromatic N) is 3. The number of fused-ring (bicyclic) bond motifs is 1. The van der Waals surface area contributed by atoms with E-state index in [1.54, 1.807) is 6.07 Å². The molecule has 6 nitrogen and oxygen atoms in total. The fraction of sp³-hybridized carbons (Fsp3) is 0.391. The zero-order valence-corrected chi connectivity index (χ0v) is 17.9. The van der Waals surface area contributed by atoms with Crippen LogP contribution in [-0.2, 0) is 33.5 Å². The third-order valence-corrected chi connectivity index (χ3v) is 5.68. The van der Waals surface area contributed by atoms with Gasteiger partial charge in [0.15, 0.2) is 0 Å². The number of hydrogen-bond acceptors (Lipinski definition) is 5. The molecule has 0 aliphatic carbocycles. The van der Waals surface area contributed by atoms with Crippen molar-refractivity contribution in [3.8, 4) is 0 Å². The summed E-state index contributed by atoms with van der Waals surface area (Å²) >= 11 is 0. The van der Waals surface area contributed by atoms with Gasteiger partial charge >= 0.3 is 12.1 Å². The monoisotopic (exact) mass is 447 g/mol. The zero-order chi connectivity index (χ0) is 22.9. The molecule has 1 saturated heterocycles. The molecular weight excluding hydrogens is 423 g/mol. The maximum absolute atomic E-state index is 13.4. The third-order valence-electron chi connectivity index (χ3n) is 5.68. The highest BCUT2D eigenvalue weighted by molar-refractivity contribution is 5.66. The Kier molecular flexibility index (Phi) is 6.10. The van der Waals surface area contributed by atoms with Crippen molar-refractivity contribution in [1.82, 2.24) is 9.38 Å². The first-order chi connectivity index (χ1) is 15.2. The summed E-state index contributed by atoms with van der Waals surface area (Å²) in [7, 11) is 0. The van der Waals surface area contributed by atoms with Gasteiger partial charge in [-0.2, -0.15) is 13.2 Å². The van der Waals surface area contributed by atoms with E-state index in [-0.39, 0.29) is 18.6 Å². The van der Waals surface area contributed by atoms with Crippen LogP contribution in [0, 0.1) is 6.92 Å². The van der Waals surface area contributed by atoms with Gasteiger partial charge in [0.2, 0.25) is 0 Å². The first kappa shape index (κ1) is 22.1. The molecule has 4 rings (SSSR count). The number of pyridine rings is 1. The first-order valence-electron chi connectivity index (χ1n) is 10.4. The predicted octanol–water partition coefficient (Wildman–Crippen LogP) is 4.15. The van der Waals surface area contributed by atoms with Crippen LogP contribution >= 0.6 is 0 Å². The molecule has 1 aliphatic rings. The number of benzene rings is 1. The van der Waals surface area contributed by atoms with Crippen molar-refractivity contribution in [2.75, 3.05) is 31.2 Å². The molecule has 0 unspecified atom stereocenters. The smallest absolute Gasteiger partial charge is 0.416 e. The minimum absolute atomic E-state index is 0.0444. The van der Waals surface area contributed by atoms with E-state index >= 15 is 0 Å². The van der Waals surface area contributed by atoms with Gasteiger partial charge in [-0.25, -0.2) is 4.98 Å². The Morgan fingerprint density at radius 3 is 2.62 bits per heavy atom. The van der Waals surface area contributed by atoms with E-state index in [1.165, 1.54) is 19.9 Å². The van der Waals surface area contributed by atoms with E-state index in [9.17, 15) is 18.0 Å². The fourth-order valence-corrected chi connectivity index (χ4v) is 3.97. The number of carbonyl (C=O) groups is 1. The number of hydrogen-bond donors (Lipinski definition) is 0. The Morgan fingerprint density at radius 1 is 1.19 bits per heavy atom. The van der Waals surface area contributed by atoms with Crippen LogP contribution in [0.15, 0.2) is 36.5 Å². The first-order valence-corrected chi connectivity index (χ1v) is 10.4.